The molecule has 1 N–H and O–H groups in total. The molecule has 0 amide bonds. The number of anilines is 1. The Morgan fingerprint density at radius 1 is 1.37 bits per heavy atom. The van der Waals surface area contributed by atoms with Gasteiger partial charge in [0.05, 0.1) is 4.92 Å². The molecule has 0 aliphatic rings. The number of benzene rings is 1. The summed E-state index contributed by atoms with van der Waals surface area (Å²) in [6, 6.07) is 11.8. The predicted octanol–water partition coefficient (Wildman–Crippen LogP) is 2.47. The van der Waals surface area contributed by atoms with Gasteiger partial charge in [-0.15, -0.1) is 0 Å². The number of nitrogens with zero attached hydrogens (tertiary/aromatic N) is 3. The van der Waals surface area contributed by atoms with E-state index in [0.717, 1.165) is 0 Å². The summed E-state index contributed by atoms with van der Waals surface area (Å²) in [6.45, 7) is 0.312. The number of nitrogens with one attached hydrogen (secondary N) is 1. The molecule has 0 radical (unpaired) electrons. The van der Waals surface area contributed by atoms with Gasteiger partial charge in [-0.25, -0.2) is 4.98 Å². The molecule has 1 aromatic heterocycles. The second-order valence-electron chi connectivity index (χ2n) is 3.78. The average molecular weight is 254 g/mol. The Hall–Kier alpha value is -2.94. The van der Waals surface area contributed by atoms with Crippen LogP contribution in [0.3, 0.4) is 0 Å². The molecule has 0 fully saturated rings. The van der Waals surface area contributed by atoms with E-state index in [4.69, 9.17) is 5.26 Å². The largest absolute Gasteiger partial charge is 0.381 e. The smallest absolute Gasteiger partial charge is 0.274 e. The van der Waals surface area contributed by atoms with Crippen LogP contribution in [-0.4, -0.2) is 9.91 Å². The minimum Gasteiger partial charge on any atom is -0.381 e. The Morgan fingerprint density at radius 2 is 2.16 bits per heavy atom. The van der Waals surface area contributed by atoms with Crippen LogP contribution in [-0.2, 0) is 6.54 Å². The van der Waals surface area contributed by atoms with Gasteiger partial charge in [-0.05, 0) is 12.1 Å². The summed E-state index contributed by atoms with van der Waals surface area (Å²) >= 11 is 0. The lowest BCUT2D eigenvalue weighted by Crippen LogP contribution is -2.03. The molecule has 6 heteroatoms. The van der Waals surface area contributed by atoms with Crippen molar-refractivity contribution < 1.29 is 4.92 Å². The van der Waals surface area contributed by atoms with E-state index in [2.05, 4.69) is 10.3 Å². The van der Waals surface area contributed by atoms with E-state index in [9.17, 15) is 10.1 Å². The summed E-state index contributed by atoms with van der Waals surface area (Å²) in [7, 11) is 0. The number of rotatable bonds is 4. The van der Waals surface area contributed by atoms with E-state index in [1.807, 2.05) is 6.07 Å². The maximum atomic E-state index is 10.9. The first-order chi connectivity index (χ1) is 9.20. The summed E-state index contributed by atoms with van der Waals surface area (Å²) in [5.74, 6) is 0. The molecule has 19 heavy (non-hydrogen) atoms. The van der Waals surface area contributed by atoms with Gasteiger partial charge < -0.3 is 5.32 Å². The minimum absolute atomic E-state index is 0.0737. The molecule has 0 aliphatic carbocycles. The Kier molecular flexibility index (Phi) is 3.69. The van der Waals surface area contributed by atoms with E-state index in [1.54, 1.807) is 30.3 Å². The van der Waals surface area contributed by atoms with Gasteiger partial charge in [0.15, 0.2) is 0 Å². The number of nitro benzene ring substituents is 1. The van der Waals surface area contributed by atoms with Crippen LogP contribution in [0.4, 0.5) is 11.4 Å². The predicted molar refractivity (Wildman–Crippen MR) is 69.4 cm³/mol. The Morgan fingerprint density at radius 3 is 2.89 bits per heavy atom. The topological polar surface area (TPSA) is 91.8 Å². The van der Waals surface area contributed by atoms with Crippen molar-refractivity contribution in [2.24, 2.45) is 0 Å². The first-order valence-corrected chi connectivity index (χ1v) is 5.53. The van der Waals surface area contributed by atoms with Gasteiger partial charge in [-0.3, -0.25) is 10.1 Å². The highest BCUT2D eigenvalue weighted by Gasteiger charge is 2.11. The number of nitriles is 1. The first-order valence-electron chi connectivity index (χ1n) is 5.53. The Balaban J connectivity index is 2.15. The quantitative estimate of drug-likeness (QED) is 0.668. The van der Waals surface area contributed by atoms with Crippen molar-refractivity contribution in [1.29, 1.82) is 5.26 Å². The molecule has 0 unspecified atom stereocenters. The molecule has 0 saturated carbocycles. The molecule has 0 spiro atoms. The molecule has 2 rings (SSSR count). The highest BCUT2D eigenvalue weighted by molar-refractivity contribution is 5.48. The van der Waals surface area contributed by atoms with E-state index in [-0.39, 0.29) is 5.69 Å². The first kappa shape index (κ1) is 12.5. The van der Waals surface area contributed by atoms with Gasteiger partial charge in [0, 0.05) is 30.1 Å². The highest BCUT2D eigenvalue weighted by atomic mass is 16.6. The Labute approximate surface area is 109 Å². The van der Waals surface area contributed by atoms with Gasteiger partial charge in [0.2, 0.25) is 0 Å². The van der Waals surface area contributed by atoms with Crippen LogP contribution in [0, 0.1) is 21.4 Å². The average Bonchev–Trinajstić information content (AvgIpc) is 2.45. The summed E-state index contributed by atoms with van der Waals surface area (Å²) in [5, 5.41) is 22.6. The highest BCUT2D eigenvalue weighted by Crippen LogP contribution is 2.19. The van der Waals surface area contributed by atoms with E-state index in [0.29, 0.717) is 23.5 Å². The standard InChI is InChI=1S/C13H10N4O2/c14-8-12-7-11(5-6-15-12)16-9-10-3-1-2-4-13(10)17(18)19/h1-7H,9H2,(H,15,16). The SMILES string of the molecule is N#Cc1cc(NCc2ccccc2[N+](=O)[O-])ccn1. The summed E-state index contributed by atoms with van der Waals surface area (Å²) < 4.78 is 0. The van der Waals surface area contributed by atoms with Crippen molar-refractivity contribution in [2.75, 3.05) is 5.32 Å². The van der Waals surface area contributed by atoms with Crippen molar-refractivity contribution in [3.8, 4) is 6.07 Å². The molecular weight excluding hydrogens is 244 g/mol. The van der Waals surface area contributed by atoms with E-state index < -0.39 is 4.92 Å². The van der Waals surface area contributed by atoms with Gasteiger partial charge in [-0.2, -0.15) is 5.26 Å². The van der Waals surface area contributed by atoms with E-state index >= 15 is 0 Å². The molecule has 2 aromatic rings. The van der Waals surface area contributed by atoms with Crippen LogP contribution in [0.2, 0.25) is 0 Å². The monoisotopic (exact) mass is 254 g/mol. The van der Waals surface area contributed by atoms with Crippen LogP contribution in [0.1, 0.15) is 11.3 Å². The fourth-order valence-corrected chi connectivity index (χ4v) is 1.64. The third kappa shape index (κ3) is 3.04. The summed E-state index contributed by atoms with van der Waals surface area (Å²) in [6.07, 6.45) is 1.51. The van der Waals surface area contributed by atoms with Crippen molar-refractivity contribution in [1.82, 2.24) is 4.98 Å². The lowest BCUT2D eigenvalue weighted by Gasteiger charge is -2.06. The third-order valence-corrected chi connectivity index (χ3v) is 2.55. The zero-order valence-corrected chi connectivity index (χ0v) is 9.91. The number of pyridine rings is 1. The van der Waals surface area contributed by atoms with E-state index in [1.165, 1.54) is 12.3 Å². The number of hydrogen-bond donors (Lipinski definition) is 1. The molecule has 1 heterocycles. The summed E-state index contributed by atoms with van der Waals surface area (Å²) in [4.78, 5) is 14.3. The second kappa shape index (κ2) is 5.60. The molecular formula is C13H10N4O2. The number of nitro groups is 1. The fourth-order valence-electron chi connectivity index (χ4n) is 1.64. The molecule has 0 saturated heterocycles. The van der Waals surface area contributed by atoms with Gasteiger partial charge in [-0.1, -0.05) is 18.2 Å². The number of aromatic nitrogens is 1. The van der Waals surface area contributed by atoms with Crippen molar-refractivity contribution >= 4 is 11.4 Å². The zero-order valence-electron chi connectivity index (χ0n) is 9.91. The maximum absolute atomic E-state index is 10.9. The molecule has 1 aromatic carbocycles. The minimum atomic E-state index is -0.412. The molecule has 6 nitrogen and oxygen atoms in total. The van der Waals surface area contributed by atoms with Gasteiger partial charge >= 0.3 is 0 Å². The Bertz CT molecular complexity index is 649. The summed E-state index contributed by atoms with van der Waals surface area (Å²) in [5.41, 5.74) is 1.66. The number of para-hydroxylation sites is 1. The van der Waals surface area contributed by atoms with Crippen LogP contribution in [0.15, 0.2) is 42.6 Å². The molecule has 0 aliphatic heterocycles. The van der Waals surface area contributed by atoms with Gasteiger partial charge in [0.1, 0.15) is 11.8 Å². The molecule has 94 valence electrons. The van der Waals surface area contributed by atoms with Crippen LogP contribution < -0.4 is 5.32 Å². The fraction of sp³-hybridized carbons (Fsp3) is 0.0769. The van der Waals surface area contributed by atoms with Crippen molar-refractivity contribution in [2.45, 2.75) is 6.54 Å². The lowest BCUT2D eigenvalue weighted by molar-refractivity contribution is -0.385. The van der Waals surface area contributed by atoms with Gasteiger partial charge in [0.25, 0.3) is 5.69 Å². The normalized spacial score (nSPS) is 9.63. The molecule has 0 bridgehead atoms. The van der Waals surface area contributed by atoms with Crippen LogP contribution in [0.25, 0.3) is 0 Å². The second-order valence-corrected chi connectivity index (χ2v) is 3.78. The van der Waals surface area contributed by atoms with Crippen molar-refractivity contribution in [3.63, 3.8) is 0 Å². The van der Waals surface area contributed by atoms with Crippen LogP contribution in [0.5, 0.6) is 0 Å². The number of hydrogen-bond acceptors (Lipinski definition) is 5. The zero-order chi connectivity index (χ0) is 13.7. The third-order valence-electron chi connectivity index (χ3n) is 2.55. The van der Waals surface area contributed by atoms with Crippen LogP contribution >= 0.6 is 0 Å². The lowest BCUT2D eigenvalue weighted by atomic mass is 10.2. The molecule has 0 atom stereocenters. The maximum Gasteiger partial charge on any atom is 0.274 e. The van der Waals surface area contributed by atoms with Crippen molar-refractivity contribution in [3.05, 3.63) is 64.0 Å².